The Bertz CT molecular complexity index is 981. The highest BCUT2D eigenvalue weighted by Crippen LogP contribution is 2.25. The molecule has 0 N–H and O–H groups in total. The largest absolute Gasteiger partial charge is 0.313 e. The average molecular weight is 348 g/mol. The molecule has 0 radical (unpaired) electrons. The summed E-state index contributed by atoms with van der Waals surface area (Å²) < 4.78 is 2.04. The minimum atomic E-state index is -0.229. The lowest BCUT2D eigenvalue weighted by molar-refractivity contribution is 0.0998. The Hall–Kier alpha value is -2.72. The third kappa shape index (κ3) is 3.69. The van der Waals surface area contributed by atoms with Crippen LogP contribution in [0.3, 0.4) is 0 Å². The molecule has 0 atom stereocenters. The molecule has 0 saturated heterocycles. The van der Waals surface area contributed by atoms with Crippen molar-refractivity contribution in [3.8, 4) is 11.3 Å². The van der Waals surface area contributed by atoms with E-state index in [0.29, 0.717) is 16.9 Å². The predicted molar refractivity (Wildman–Crippen MR) is 104 cm³/mol. The zero-order valence-corrected chi connectivity index (χ0v) is 15.2. The lowest BCUT2D eigenvalue weighted by atomic mass is 10.0. The van der Waals surface area contributed by atoms with Crippen LogP contribution in [0.1, 0.15) is 21.5 Å². The van der Waals surface area contributed by atoms with Crippen molar-refractivity contribution in [1.82, 2.24) is 4.57 Å². The average Bonchev–Trinajstić information content (AvgIpc) is 2.98. The van der Waals surface area contributed by atoms with Gasteiger partial charge < -0.3 is 4.57 Å². The van der Waals surface area contributed by atoms with Crippen LogP contribution in [0, 0.1) is 13.8 Å². The summed E-state index contributed by atoms with van der Waals surface area (Å²) in [7, 11) is 0. The summed E-state index contributed by atoms with van der Waals surface area (Å²) in [5.74, 6) is -0.229. The maximum Gasteiger partial charge on any atom is 0.279 e. The Labute approximate surface area is 151 Å². The molecule has 0 spiro atoms. The standard InChI is InChI=1S/C21H20N2OS/c1-4-12-23-19(18-11-10-15(2)13-16(18)3)14-25-21(23)22-20(24)17-8-6-5-7-9-17/h4-11,13-14H,1,12H2,2-3H3/b22-21+. The van der Waals surface area contributed by atoms with Gasteiger partial charge in [-0.2, -0.15) is 4.99 Å². The molecule has 3 aromatic rings. The molecule has 1 heterocycles. The molecule has 1 aromatic heterocycles. The van der Waals surface area contributed by atoms with Crippen LogP contribution < -0.4 is 4.80 Å². The van der Waals surface area contributed by atoms with Crippen molar-refractivity contribution in [3.63, 3.8) is 0 Å². The van der Waals surface area contributed by atoms with E-state index in [-0.39, 0.29) is 5.91 Å². The molecule has 25 heavy (non-hydrogen) atoms. The van der Waals surface area contributed by atoms with Gasteiger partial charge in [0.25, 0.3) is 5.91 Å². The van der Waals surface area contributed by atoms with Crippen molar-refractivity contribution in [2.75, 3.05) is 0 Å². The molecule has 0 aliphatic carbocycles. The summed E-state index contributed by atoms with van der Waals surface area (Å²) >= 11 is 1.47. The zero-order chi connectivity index (χ0) is 17.8. The second kappa shape index (κ2) is 7.45. The lowest BCUT2D eigenvalue weighted by Crippen LogP contribution is -2.17. The third-order valence-electron chi connectivity index (χ3n) is 3.99. The molecule has 1 amide bonds. The maximum atomic E-state index is 12.4. The molecule has 4 heteroatoms. The van der Waals surface area contributed by atoms with Gasteiger partial charge in [0, 0.05) is 23.1 Å². The van der Waals surface area contributed by atoms with Crippen molar-refractivity contribution >= 4 is 17.2 Å². The summed E-state index contributed by atoms with van der Waals surface area (Å²) in [6.07, 6.45) is 1.83. The SMILES string of the molecule is C=CCn1c(-c2ccc(C)cc2C)cs/c1=N/C(=O)c1ccccc1. The Morgan fingerprint density at radius 3 is 2.64 bits per heavy atom. The monoisotopic (exact) mass is 348 g/mol. The van der Waals surface area contributed by atoms with Crippen molar-refractivity contribution in [3.05, 3.63) is 88.1 Å². The van der Waals surface area contributed by atoms with E-state index in [4.69, 9.17) is 0 Å². The first kappa shape index (κ1) is 17.1. The molecular formula is C21H20N2OS. The highest BCUT2D eigenvalue weighted by molar-refractivity contribution is 7.07. The smallest absolute Gasteiger partial charge is 0.279 e. The Morgan fingerprint density at radius 1 is 1.20 bits per heavy atom. The van der Waals surface area contributed by atoms with Crippen LogP contribution in [-0.2, 0) is 6.54 Å². The number of aryl methyl sites for hydroxylation is 2. The fourth-order valence-electron chi connectivity index (χ4n) is 2.77. The number of carbonyl (C=O) groups is 1. The van der Waals surface area contributed by atoms with E-state index in [2.05, 4.69) is 49.0 Å². The maximum absolute atomic E-state index is 12.4. The van der Waals surface area contributed by atoms with Crippen molar-refractivity contribution < 1.29 is 4.79 Å². The molecule has 126 valence electrons. The summed E-state index contributed by atoms with van der Waals surface area (Å²) in [5.41, 5.74) is 5.24. The van der Waals surface area contributed by atoms with Gasteiger partial charge in [-0.25, -0.2) is 0 Å². The van der Waals surface area contributed by atoms with E-state index >= 15 is 0 Å². The molecule has 3 rings (SSSR count). The predicted octanol–water partition coefficient (Wildman–Crippen LogP) is 4.76. The van der Waals surface area contributed by atoms with Gasteiger partial charge in [-0.15, -0.1) is 17.9 Å². The van der Waals surface area contributed by atoms with E-state index in [9.17, 15) is 4.79 Å². The van der Waals surface area contributed by atoms with Crippen LogP contribution in [0.15, 0.2) is 71.6 Å². The zero-order valence-electron chi connectivity index (χ0n) is 14.4. The summed E-state index contributed by atoms with van der Waals surface area (Å²) in [5, 5.41) is 2.05. The van der Waals surface area contributed by atoms with Gasteiger partial charge in [0.1, 0.15) is 0 Å². The number of allylic oxidation sites excluding steroid dienone is 1. The summed E-state index contributed by atoms with van der Waals surface area (Å²) in [4.78, 5) is 17.4. The lowest BCUT2D eigenvalue weighted by Gasteiger charge is -2.10. The van der Waals surface area contributed by atoms with Crippen molar-refractivity contribution in [2.24, 2.45) is 4.99 Å². The van der Waals surface area contributed by atoms with Gasteiger partial charge in [0.2, 0.25) is 0 Å². The first-order chi connectivity index (χ1) is 12.1. The molecule has 0 bridgehead atoms. The van der Waals surface area contributed by atoms with Crippen molar-refractivity contribution in [2.45, 2.75) is 20.4 Å². The van der Waals surface area contributed by atoms with E-state index in [0.717, 1.165) is 11.3 Å². The molecule has 0 aliphatic heterocycles. The first-order valence-corrected chi connectivity index (χ1v) is 8.99. The Morgan fingerprint density at radius 2 is 1.96 bits per heavy atom. The molecule has 0 aliphatic rings. The number of rotatable bonds is 4. The van der Waals surface area contributed by atoms with Crippen LogP contribution in [0.25, 0.3) is 11.3 Å². The molecule has 0 unspecified atom stereocenters. The summed E-state index contributed by atoms with van der Waals surface area (Å²) in [6, 6.07) is 15.5. The third-order valence-corrected chi connectivity index (χ3v) is 4.85. The van der Waals surface area contributed by atoms with E-state index < -0.39 is 0 Å². The van der Waals surface area contributed by atoms with Gasteiger partial charge >= 0.3 is 0 Å². The molecular weight excluding hydrogens is 328 g/mol. The number of aromatic nitrogens is 1. The summed E-state index contributed by atoms with van der Waals surface area (Å²) in [6.45, 7) is 8.63. The molecule has 3 nitrogen and oxygen atoms in total. The highest BCUT2D eigenvalue weighted by Gasteiger charge is 2.11. The number of amides is 1. The van der Waals surface area contributed by atoms with Crippen molar-refractivity contribution in [1.29, 1.82) is 0 Å². The fourth-order valence-corrected chi connectivity index (χ4v) is 3.68. The second-order valence-electron chi connectivity index (χ2n) is 5.90. The molecule has 0 saturated carbocycles. The van der Waals surface area contributed by atoms with Crippen LogP contribution in [0.4, 0.5) is 0 Å². The number of hydrogen-bond acceptors (Lipinski definition) is 2. The topological polar surface area (TPSA) is 34.4 Å². The van der Waals surface area contributed by atoms with E-state index in [1.807, 2.05) is 28.8 Å². The van der Waals surface area contributed by atoms with E-state index in [1.54, 1.807) is 12.1 Å². The number of thiazole rings is 1. The van der Waals surface area contributed by atoms with Crippen LogP contribution in [0.2, 0.25) is 0 Å². The van der Waals surface area contributed by atoms with Gasteiger partial charge in [0.15, 0.2) is 4.80 Å². The normalized spacial score (nSPS) is 11.5. The fraction of sp³-hybridized carbons (Fsp3) is 0.143. The van der Waals surface area contributed by atoms with E-state index in [1.165, 1.54) is 22.5 Å². The van der Waals surface area contributed by atoms with Gasteiger partial charge in [0.05, 0.1) is 5.69 Å². The Balaban J connectivity index is 2.10. The van der Waals surface area contributed by atoms with Crippen LogP contribution in [-0.4, -0.2) is 10.5 Å². The minimum Gasteiger partial charge on any atom is -0.313 e. The highest BCUT2D eigenvalue weighted by atomic mass is 32.1. The van der Waals surface area contributed by atoms with Crippen LogP contribution in [0.5, 0.6) is 0 Å². The van der Waals surface area contributed by atoms with Gasteiger partial charge in [-0.05, 0) is 31.5 Å². The Kier molecular flexibility index (Phi) is 5.10. The number of benzene rings is 2. The number of nitrogens with zero attached hydrogens (tertiary/aromatic N) is 2. The first-order valence-electron chi connectivity index (χ1n) is 8.11. The van der Waals surface area contributed by atoms with Gasteiger partial charge in [-0.1, -0.05) is 48.0 Å². The number of hydrogen-bond donors (Lipinski definition) is 0. The van der Waals surface area contributed by atoms with Crippen LogP contribution >= 0.6 is 11.3 Å². The second-order valence-corrected chi connectivity index (χ2v) is 6.74. The van der Waals surface area contributed by atoms with Gasteiger partial charge in [-0.3, -0.25) is 4.79 Å². The molecule has 2 aromatic carbocycles. The number of carbonyl (C=O) groups excluding carboxylic acids is 1. The minimum absolute atomic E-state index is 0.229. The molecule has 0 fully saturated rings. The quantitative estimate of drug-likeness (QED) is 0.626.